The Bertz CT molecular complexity index is 239. The number of hydrogen-bond acceptors (Lipinski definition) is 5. The van der Waals surface area contributed by atoms with Gasteiger partial charge in [-0.3, -0.25) is 9.59 Å². The first-order valence-electron chi connectivity index (χ1n) is 4.48. The fourth-order valence-electron chi connectivity index (χ4n) is 0.769. The summed E-state index contributed by atoms with van der Waals surface area (Å²) in [6, 6.07) is 0. The molecule has 0 unspecified atom stereocenters. The molecule has 0 spiro atoms. The number of rotatable bonds is 5. The second-order valence-corrected chi connectivity index (χ2v) is 3.84. The Kier molecular flexibility index (Phi) is 5.24. The van der Waals surface area contributed by atoms with E-state index in [-0.39, 0.29) is 13.2 Å². The fourth-order valence-corrected chi connectivity index (χ4v) is 0.769. The first-order valence-corrected chi connectivity index (χ1v) is 4.48. The molecule has 0 aliphatic rings. The molecule has 0 fully saturated rings. The highest BCUT2D eigenvalue weighted by atomic mass is 16.5. The van der Waals surface area contributed by atoms with Crippen molar-refractivity contribution in [1.29, 1.82) is 0 Å². The highest BCUT2D eigenvalue weighted by Crippen LogP contribution is 2.19. The van der Waals surface area contributed by atoms with Crippen molar-refractivity contribution in [3.05, 3.63) is 0 Å². The van der Waals surface area contributed by atoms with E-state index in [1.54, 1.807) is 0 Å². The van der Waals surface area contributed by atoms with Gasteiger partial charge in [0.15, 0.2) is 0 Å². The van der Waals surface area contributed by atoms with Crippen molar-refractivity contribution in [3.8, 4) is 0 Å². The molecular formula is C9H17NO5. The number of nitrogens with one attached hydrogen (secondary N) is 1. The van der Waals surface area contributed by atoms with E-state index in [1.807, 2.05) is 0 Å². The van der Waals surface area contributed by atoms with Crippen molar-refractivity contribution in [3.63, 3.8) is 0 Å². The van der Waals surface area contributed by atoms with Crippen molar-refractivity contribution in [2.45, 2.75) is 20.0 Å². The van der Waals surface area contributed by atoms with Crippen molar-refractivity contribution in [1.82, 2.24) is 5.32 Å². The first-order chi connectivity index (χ1) is 6.85. The lowest BCUT2D eigenvalue weighted by Gasteiger charge is -2.26. The Morgan fingerprint density at radius 2 is 2.00 bits per heavy atom. The van der Waals surface area contributed by atoms with Gasteiger partial charge in [0, 0.05) is 5.41 Å². The molecule has 0 aliphatic heterocycles. The molecule has 0 bridgehead atoms. The third-order valence-corrected chi connectivity index (χ3v) is 2.03. The van der Waals surface area contributed by atoms with Gasteiger partial charge in [-0.25, -0.2) is 0 Å². The summed E-state index contributed by atoms with van der Waals surface area (Å²) in [5, 5.41) is 20.6. The molecule has 88 valence electrons. The predicted molar refractivity (Wildman–Crippen MR) is 51.9 cm³/mol. The monoisotopic (exact) mass is 219 g/mol. The van der Waals surface area contributed by atoms with Crippen LogP contribution >= 0.6 is 0 Å². The van der Waals surface area contributed by atoms with E-state index in [0.29, 0.717) is 0 Å². The van der Waals surface area contributed by atoms with E-state index in [9.17, 15) is 14.7 Å². The lowest BCUT2D eigenvalue weighted by atomic mass is 9.87. The Morgan fingerprint density at radius 3 is 2.40 bits per heavy atom. The van der Waals surface area contributed by atoms with Crippen LogP contribution in [0.3, 0.4) is 0 Å². The van der Waals surface area contributed by atoms with E-state index >= 15 is 0 Å². The molecule has 0 aromatic rings. The van der Waals surface area contributed by atoms with Crippen LogP contribution in [-0.2, 0) is 14.3 Å². The van der Waals surface area contributed by atoms with E-state index in [0.717, 1.165) is 0 Å². The van der Waals surface area contributed by atoms with Crippen LogP contribution in [0.4, 0.5) is 0 Å². The number of aliphatic hydroxyl groups is 2. The number of methoxy groups -OCH3 is 1. The molecule has 1 amide bonds. The molecule has 0 saturated heterocycles. The predicted octanol–water partition coefficient (Wildman–Crippen LogP) is -1.34. The Labute approximate surface area is 88.2 Å². The van der Waals surface area contributed by atoms with Gasteiger partial charge in [0.1, 0.15) is 12.6 Å². The number of carbonyl (C=O) groups is 2. The summed E-state index contributed by atoms with van der Waals surface area (Å²) in [6.07, 6.45) is -1.37. The largest absolute Gasteiger partial charge is 0.468 e. The van der Waals surface area contributed by atoms with Gasteiger partial charge in [0.25, 0.3) is 0 Å². The summed E-state index contributed by atoms with van der Waals surface area (Å²) in [7, 11) is 1.20. The maximum Gasteiger partial charge on any atom is 0.325 e. The van der Waals surface area contributed by atoms with E-state index in [4.69, 9.17) is 5.11 Å². The molecule has 6 nitrogen and oxygen atoms in total. The van der Waals surface area contributed by atoms with Gasteiger partial charge >= 0.3 is 5.97 Å². The Balaban J connectivity index is 4.16. The molecule has 3 N–H and O–H groups in total. The highest BCUT2D eigenvalue weighted by molar-refractivity contribution is 5.85. The number of amides is 1. The van der Waals surface area contributed by atoms with Crippen LogP contribution in [0, 0.1) is 5.41 Å². The average molecular weight is 219 g/mol. The summed E-state index contributed by atoms with van der Waals surface area (Å²) >= 11 is 0. The maximum atomic E-state index is 11.3. The molecule has 6 heteroatoms. The van der Waals surface area contributed by atoms with Gasteiger partial charge in [-0.1, -0.05) is 13.8 Å². The average Bonchev–Trinajstić information content (AvgIpc) is 2.23. The van der Waals surface area contributed by atoms with E-state index in [2.05, 4.69) is 10.1 Å². The lowest BCUT2D eigenvalue weighted by molar-refractivity contribution is -0.144. The maximum absolute atomic E-state index is 11.3. The van der Waals surface area contributed by atoms with Crippen molar-refractivity contribution >= 4 is 11.9 Å². The van der Waals surface area contributed by atoms with Crippen LogP contribution in [0.5, 0.6) is 0 Å². The first kappa shape index (κ1) is 13.9. The van der Waals surface area contributed by atoms with Crippen LogP contribution in [0.2, 0.25) is 0 Å². The molecule has 0 radical (unpaired) electrons. The number of carbonyl (C=O) groups excluding carboxylic acids is 2. The van der Waals surface area contributed by atoms with Gasteiger partial charge in [-0.05, 0) is 0 Å². The molecule has 15 heavy (non-hydrogen) atoms. The van der Waals surface area contributed by atoms with Gasteiger partial charge in [0.05, 0.1) is 13.7 Å². The summed E-state index contributed by atoms with van der Waals surface area (Å²) in [6.45, 7) is 2.44. The van der Waals surface area contributed by atoms with Crippen LogP contribution in [0.15, 0.2) is 0 Å². The van der Waals surface area contributed by atoms with Gasteiger partial charge in [-0.15, -0.1) is 0 Å². The Hall–Kier alpha value is -1.14. The third-order valence-electron chi connectivity index (χ3n) is 2.03. The van der Waals surface area contributed by atoms with Crippen LogP contribution < -0.4 is 5.32 Å². The second kappa shape index (κ2) is 5.67. The molecule has 0 aromatic carbocycles. The molecule has 1 atom stereocenters. The number of esters is 1. The molecule has 0 aliphatic carbocycles. The standard InChI is InChI=1S/C9H17NO5/c1-9(2,5-11)7(13)8(14)10-4-6(12)15-3/h7,11,13H,4-5H2,1-3H3,(H,10,14)/t7-/m0/s1. The minimum absolute atomic E-state index is 0.298. The number of aliphatic hydroxyl groups excluding tert-OH is 2. The quantitative estimate of drug-likeness (QED) is 0.497. The highest BCUT2D eigenvalue weighted by Gasteiger charge is 2.32. The summed E-state index contributed by atoms with van der Waals surface area (Å²) in [5.74, 6) is -1.31. The zero-order chi connectivity index (χ0) is 12.1. The number of hydrogen-bond donors (Lipinski definition) is 3. The minimum atomic E-state index is -1.37. The third kappa shape index (κ3) is 4.26. The van der Waals surface area contributed by atoms with Crippen molar-refractivity contribution in [2.24, 2.45) is 5.41 Å². The van der Waals surface area contributed by atoms with Crippen LogP contribution in [-0.4, -0.2) is 48.5 Å². The van der Waals surface area contributed by atoms with Crippen molar-refractivity contribution in [2.75, 3.05) is 20.3 Å². The molecule has 0 saturated carbocycles. The fraction of sp³-hybridized carbons (Fsp3) is 0.778. The second-order valence-electron chi connectivity index (χ2n) is 3.84. The summed E-state index contributed by atoms with van der Waals surface area (Å²) in [5.41, 5.74) is -0.944. The van der Waals surface area contributed by atoms with E-state index < -0.39 is 23.4 Å². The zero-order valence-electron chi connectivity index (χ0n) is 9.11. The smallest absolute Gasteiger partial charge is 0.325 e. The van der Waals surface area contributed by atoms with Crippen LogP contribution in [0.1, 0.15) is 13.8 Å². The SMILES string of the molecule is COC(=O)CNC(=O)[C@H](O)C(C)(C)CO. The van der Waals surface area contributed by atoms with E-state index in [1.165, 1.54) is 21.0 Å². The topological polar surface area (TPSA) is 95.9 Å². The summed E-state index contributed by atoms with van der Waals surface area (Å²) in [4.78, 5) is 22.0. The van der Waals surface area contributed by atoms with Gasteiger partial charge in [-0.2, -0.15) is 0 Å². The number of ether oxygens (including phenoxy) is 1. The molecule has 0 heterocycles. The minimum Gasteiger partial charge on any atom is -0.468 e. The Morgan fingerprint density at radius 1 is 1.47 bits per heavy atom. The normalized spacial score (nSPS) is 13.1. The van der Waals surface area contributed by atoms with Gasteiger partial charge in [0.2, 0.25) is 5.91 Å². The van der Waals surface area contributed by atoms with Crippen LogP contribution in [0.25, 0.3) is 0 Å². The van der Waals surface area contributed by atoms with Gasteiger partial charge < -0.3 is 20.3 Å². The molecule has 0 aromatic heterocycles. The molecule has 0 rings (SSSR count). The summed E-state index contributed by atoms with van der Waals surface area (Å²) < 4.78 is 4.31. The van der Waals surface area contributed by atoms with Crippen molar-refractivity contribution < 1.29 is 24.5 Å². The molecular weight excluding hydrogens is 202 g/mol. The zero-order valence-corrected chi connectivity index (χ0v) is 9.11. The lowest BCUT2D eigenvalue weighted by Crippen LogP contribution is -2.46.